The Kier molecular flexibility index (Phi) is 2.59. The molecule has 1 N–H and O–H groups in total. The van der Waals surface area contributed by atoms with Crippen molar-refractivity contribution < 1.29 is 5.84 Å². The third-order valence-electron chi connectivity index (χ3n) is 3.66. The fourth-order valence-corrected chi connectivity index (χ4v) is 2.68. The molecule has 0 atom stereocenters. The zero-order valence-electron chi connectivity index (χ0n) is 11.1. The van der Waals surface area contributed by atoms with Crippen LogP contribution in [-0.4, -0.2) is 0 Å². The number of anilines is 1. The number of hydrogen-bond acceptors (Lipinski definition) is 2. The summed E-state index contributed by atoms with van der Waals surface area (Å²) >= 11 is 0. The molecule has 0 aliphatic heterocycles. The molecule has 20 heavy (non-hydrogen) atoms. The van der Waals surface area contributed by atoms with Gasteiger partial charge in [-0.25, -0.2) is 0 Å². The van der Waals surface area contributed by atoms with E-state index in [2.05, 4.69) is 47.8 Å². The first-order valence-electron chi connectivity index (χ1n) is 6.95. The first-order valence-corrected chi connectivity index (χ1v) is 6.95. The standard InChI is InChI=1S/C18H15NO.H2/c1-2-6-13(7-3-1)19-14-10-11-16-15-8-4-5-9-17(15)20-18(16)12-14;/h2,4-12,19H,1,3H2;1H. The summed E-state index contributed by atoms with van der Waals surface area (Å²) in [6.07, 6.45) is 8.79. The van der Waals surface area contributed by atoms with Crippen LogP contribution in [-0.2, 0) is 0 Å². The van der Waals surface area contributed by atoms with E-state index in [1.165, 1.54) is 10.8 Å². The predicted molar refractivity (Wildman–Crippen MR) is 85.9 cm³/mol. The molecule has 3 aromatic rings. The Bertz CT molecular complexity index is 845. The molecule has 0 unspecified atom stereocenters. The molecule has 1 heterocycles. The van der Waals surface area contributed by atoms with Crippen LogP contribution in [0.2, 0.25) is 0 Å². The summed E-state index contributed by atoms with van der Waals surface area (Å²) in [5.41, 5.74) is 4.09. The van der Waals surface area contributed by atoms with Gasteiger partial charge in [0.2, 0.25) is 0 Å². The molecule has 2 heteroatoms. The van der Waals surface area contributed by atoms with Gasteiger partial charge in [-0.1, -0.05) is 30.4 Å². The second-order valence-electron chi connectivity index (χ2n) is 5.07. The average Bonchev–Trinajstić information content (AvgIpc) is 2.86. The lowest BCUT2D eigenvalue weighted by Gasteiger charge is -2.10. The molecule has 0 fully saturated rings. The zero-order valence-corrected chi connectivity index (χ0v) is 11.1. The van der Waals surface area contributed by atoms with Gasteiger partial charge in [0.25, 0.3) is 0 Å². The molecule has 1 aromatic heterocycles. The van der Waals surface area contributed by atoms with Gasteiger partial charge in [-0.2, -0.15) is 0 Å². The molecular formula is C18H17NO. The summed E-state index contributed by atoms with van der Waals surface area (Å²) in [5.74, 6) is 0. The van der Waals surface area contributed by atoms with E-state index in [4.69, 9.17) is 4.42 Å². The summed E-state index contributed by atoms with van der Waals surface area (Å²) in [5, 5.41) is 5.77. The molecule has 0 radical (unpaired) electrons. The van der Waals surface area contributed by atoms with E-state index in [0.717, 1.165) is 35.4 Å². The van der Waals surface area contributed by atoms with E-state index in [1.54, 1.807) is 0 Å². The minimum absolute atomic E-state index is 0. The van der Waals surface area contributed by atoms with E-state index in [1.807, 2.05) is 18.2 Å². The maximum atomic E-state index is 5.90. The van der Waals surface area contributed by atoms with Crippen molar-refractivity contribution in [2.45, 2.75) is 12.8 Å². The predicted octanol–water partition coefficient (Wildman–Crippen LogP) is 5.48. The molecule has 0 spiro atoms. The normalized spacial score (nSPS) is 14.7. The van der Waals surface area contributed by atoms with Crippen molar-refractivity contribution >= 4 is 27.6 Å². The van der Waals surface area contributed by atoms with E-state index in [-0.39, 0.29) is 1.43 Å². The second kappa shape index (κ2) is 4.57. The van der Waals surface area contributed by atoms with Crippen LogP contribution in [0.4, 0.5) is 5.69 Å². The third kappa shape index (κ3) is 1.90. The minimum atomic E-state index is 0. The van der Waals surface area contributed by atoms with Gasteiger partial charge in [-0.3, -0.25) is 0 Å². The average molecular weight is 263 g/mol. The second-order valence-corrected chi connectivity index (χ2v) is 5.07. The first-order chi connectivity index (χ1) is 9.90. The van der Waals surface area contributed by atoms with Crippen molar-refractivity contribution in [1.29, 1.82) is 0 Å². The topological polar surface area (TPSA) is 25.2 Å². The number of hydrogen-bond donors (Lipinski definition) is 1. The van der Waals surface area contributed by atoms with E-state index >= 15 is 0 Å². The summed E-state index contributed by atoms with van der Waals surface area (Å²) in [6, 6.07) is 14.4. The van der Waals surface area contributed by atoms with Crippen molar-refractivity contribution in [3.63, 3.8) is 0 Å². The fraction of sp³-hybridized carbons (Fsp3) is 0.111. The van der Waals surface area contributed by atoms with E-state index in [9.17, 15) is 0 Å². The monoisotopic (exact) mass is 263 g/mol. The molecule has 2 aromatic carbocycles. The fourth-order valence-electron chi connectivity index (χ4n) is 2.68. The molecule has 0 saturated heterocycles. The highest BCUT2D eigenvalue weighted by Gasteiger charge is 2.07. The van der Waals surface area contributed by atoms with Crippen molar-refractivity contribution in [3.8, 4) is 0 Å². The van der Waals surface area contributed by atoms with Gasteiger partial charge in [0, 0.05) is 29.6 Å². The zero-order chi connectivity index (χ0) is 13.4. The molecule has 4 rings (SSSR count). The van der Waals surface area contributed by atoms with Crippen LogP contribution in [0.25, 0.3) is 21.9 Å². The number of nitrogens with one attached hydrogen (secondary N) is 1. The lowest BCUT2D eigenvalue weighted by Crippen LogP contribution is -1.98. The molecule has 0 amide bonds. The Labute approximate surface area is 118 Å². The Balaban J connectivity index is 0.00000132. The van der Waals surface area contributed by atoms with Gasteiger partial charge < -0.3 is 9.73 Å². The van der Waals surface area contributed by atoms with Gasteiger partial charge >= 0.3 is 0 Å². The molecule has 2 nitrogen and oxygen atoms in total. The lowest BCUT2D eigenvalue weighted by molar-refractivity contribution is 0.669. The number of fused-ring (bicyclic) bond motifs is 3. The van der Waals surface area contributed by atoms with Crippen LogP contribution in [0.15, 0.2) is 70.8 Å². The SMILES string of the molecule is C1=CC(Nc2ccc3c(c2)oc2ccccc23)=CCC1.[HH]. The molecule has 100 valence electrons. The summed E-state index contributed by atoms with van der Waals surface area (Å²) in [7, 11) is 0. The number of para-hydroxylation sites is 1. The Morgan fingerprint density at radius 1 is 0.950 bits per heavy atom. The Morgan fingerprint density at radius 2 is 1.85 bits per heavy atom. The van der Waals surface area contributed by atoms with Crippen molar-refractivity contribution in [3.05, 3.63) is 66.4 Å². The van der Waals surface area contributed by atoms with Gasteiger partial charge in [-0.05, 0) is 37.1 Å². The lowest BCUT2D eigenvalue weighted by atomic mass is 10.1. The molecule has 1 aliphatic carbocycles. The van der Waals surface area contributed by atoms with Gasteiger partial charge in [-0.15, -0.1) is 0 Å². The number of benzene rings is 2. The summed E-state index contributed by atoms with van der Waals surface area (Å²) in [4.78, 5) is 0. The van der Waals surface area contributed by atoms with Gasteiger partial charge in [0.05, 0.1) is 0 Å². The van der Waals surface area contributed by atoms with Gasteiger partial charge in [0.15, 0.2) is 0 Å². The van der Waals surface area contributed by atoms with Crippen LogP contribution < -0.4 is 5.32 Å². The first kappa shape index (κ1) is 11.4. The maximum Gasteiger partial charge on any atom is 0.137 e. The van der Waals surface area contributed by atoms with Gasteiger partial charge in [0.1, 0.15) is 11.2 Å². The smallest absolute Gasteiger partial charge is 0.137 e. The highest BCUT2D eigenvalue weighted by molar-refractivity contribution is 6.05. The van der Waals surface area contributed by atoms with Crippen LogP contribution >= 0.6 is 0 Å². The van der Waals surface area contributed by atoms with Crippen LogP contribution in [0.3, 0.4) is 0 Å². The van der Waals surface area contributed by atoms with Crippen molar-refractivity contribution in [1.82, 2.24) is 0 Å². The molecule has 0 saturated carbocycles. The van der Waals surface area contributed by atoms with E-state index in [0.29, 0.717) is 0 Å². The number of rotatable bonds is 2. The Morgan fingerprint density at radius 3 is 2.75 bits per heavy atom. The van der Waals surface area contributed by atoms with Crippen molar-refractivity contribution in [2.24, 2.45) is 0 Å². The van der Waals surface area contributed by atoms with Crippen LogP contribution in [0, 0.1) is 0 Å². The highest BCUT2D eigenvalue weighted by atomic mass is 16.3. The molecule has 0 bridgehead atoms. The summed E-state index contributed by atoms with van der Waals surface area (Å²) < 4.78 is 5.90. The number of allylic oxidation sites excluding steroid dienone is 3. The Hall–Kier alpha value is -2.48. The van der Waals surface area contributed by atoms with Crippen LogP contribution in [0.1, 0.15) is 14.3 Å². The molecular weight excluding hydrogens is 246 g/mol. The van der Waals surface area contributed by atoms with E-state index < -0.39 is 0 Å². The largest absolute Gasteiger partial charge is 0.456 e. The maximum absolute atomic E-state index is 5.90. The minimum Gasteiger partial charge on any atom is -0.456 e. The molecule has 1 aliphatic rings. The van der Waals surface area contributed by atoms with Crippen molar-refractivity contribution in [2.75, 3.05) is 5.32 Å². The third-order valence-corrected chi connectivity index (χ3v) is 3.66. The quantitative estimate of drug-likeness (QED) is 0.662. The highest BCUT2D eigenvalue weighted by Crippen LogP contribution is 2.30. The van der Waals surface area contributed by atoms with Crippen LogP contribution in [0.5, 0.6) is 0 Å². The summed E-state index contributed by atoms with van der Waals surface area (Å²) in [6.45, 7) is 0. The number of furan rings is 1.